The Morgan fingerprint density at radius 1 is 1.21 bits per heavy atom. The van der Waals surface area contributed by atoms with Crippen LogP contribution in [0.2, 0.25) is 0 Å². The van der Waals surface area contributed by atoms with Crippen molar-refractivity contribution < 1.29 is 29.3 Å². The first kappa shape index (κ1) is 23.3. The summed E-state index contributed by atoms with van der Waals surface area (Å²) in [5.74, 6) is -1.21. The standard InChI is InChI=1S/C24H28N2O6S/c1-2-32-18-15-16(6-7-17(18)27)21-20(22(28)19-5-3-14-33-19)23(29)24(30)26(21)9-4-8-25-10-12-31-13-11-25/h3,5-7,14-15,21,27,29H,2,4,8-13H2,1H3/t21-/m1/s1. The molecule has 0 radical (unpaired) electrons. The van der Waals surface area contributed by atoms with Crippen molar-refractivity contribution in [3.63, 3.8) is 0 Å². The van der Waals surface area contributed by atoms with E-state index in [9.17, 15) is 19.8 Å². The fourth-order valence-electron chi connectivity index (χ4n) is 4.26. The highest BCUT2D eigenvalue weighted by Gasteiger charge is 2.44. The van der Waals surface area contributed by atoms with Crippen molar-refractivity contribution >= 4 is 23.0 Å². The number of carbonyl (C=O) groups excluding carboxylic acids is 2. The number of ketones is 1. The summed E-state index contributed by atoms with van der Waals surface area (Å²) in [6.45, 7) is 6.40. The number of benzene rings is 1. The van der Waals surface area contributed by atoms with Crippen molar-refractivity contribution in [1.82, 2.24) is 9.80 Å². The summed E-state index contributed by atoms with van der Waals surface area (Å²) in [7, 11) is 0. The number of aromatic hydroxyl groups is 1. The van der Waals surface area contributed by atoms with Gasteiger partial charge in [-0.25, -0.2) is 0 Å². The number of phenols is 1. The number of rotatable bonds is 9. The zero-order chi connectivity index (χ0) is 23.4. The molecule has 2 aliphatic heterocycles. The molecule has 2 aromatic rings. The third-order valence-electron chi connectivity index (χ3n) is 5.87. The SMILES string of the molecule is CCOc1cc([C@@H]2C(C(=O)c3cccs3)=C(O)C(=O)N2CCCN2CCOCC2)ccc1O. The van der Waals surface area contributed by atoms with Gasteiger partial charge >= 0.3 is 0 Å². The van der Waals surface area contributed by atoms with Crippen LogP contribution in [0, 0.1) is 0 Å². The molecule has 0 saturated carbocycles. The number of carbonyl (C=O) groups is 2. The maximum absolute atomic E-state index is 13.3. The van der Waals surface area contributed by atoms with E-state index in [1.165, 1.54) is 17.4 Å². The Morgan fingerprint density at radius 2 is 2.00 bits per heavy atom. The van der Waals surface area contributed by atoms with Gasteiger partial charge in [-0.3, -0.25) is 14.5 Å². The highest BCUT2D eigenvalue weighted by molar-refractivity contribution is 7.12. The van der Waals surface area contributed by atoms with Crippen LogP contribution in [0.4, 0.5) is 0 Å². The molecule has 8 nitrogen and oxygen atoms in total. The number of Topliss-reactive ketones (excluding diaryl/α,β-unsaturated/α-hetero) is 1. The monoisotopic (exact) mass is 472 g/mol. The van der Waals surface area contributed by atoms with Gasteiger partial charge in [-0.15, -0.1) is 11.3 Å². The summed E-state index contributed by atoms with van der Waals surface area (Å²) in [5, 5.41) is 22.7. The molecule has 176 valence electrons. The number of ether oxygens (including phenoxy) is 2. The lowest BCUT2D eigenvalue weighted by atomic mass is 9.95. The Labute approximate surface area is 196 Å². The second kappa shape index (κ2) is 10.4. The molecule has 4 rings (SSSR count). The number of nitrogens with zero attached hydrogens (tertiary/aromatic N) is 2. The van der Waals surface area contributed by atoms with Gasteiger partial charge in [0.05, 0.1) is 36.3 Å². The molecule has 1 aromatic heterocycles. The third-order valence-corrected chi connectivity index (χ3v) is 6.74. The Hall–Kier alpha value is -2.88. The Balaban J connectivity index is 1.64. The molecule has 0 aliphatic carbocycles. The molecule has 0 spiro atoms. The number of amides is 1. The van der Waals surface area contributed by atoms with E-state index < -0.39 is 17.7 Å². The molecule has 33 heavy (non-hydrogen) atoms. The predicted octanol–water partition coefficient (Wildman–Crippen LogP) is 3.15. The van der Waals surface area contributed by atoms with Crippen LogP contribution in [0.5, 0.6) is 11.5 Å². The zero-order valence-electron chi connectivity index (χ0n) is 18.5. The number of aliphatic hydroxyl groups excluding tert-OH is 1. The Morgan fingerprint density at radius 3 is 2.70 bits per heavy atom. The molecule has 9 heteroatoms. The third kappa shape index (κ3) is 4.90. The van der Waals surface area contributed by atoms with Gasteiger partial charge in [-0.05, 0) is 42.5 Å². The molecule has 1 fully saturated rings. The van der Waals surface area contributed by atoms with Gasteiger partial charge in [-0.2, -0.15) is 0 Å². The topological polar surface area (TPSA) is 99.5 Å². The van der Waals surface area contributed by atoms with E-state index in [-0.39, 0.29) is 22.9 Å². The number of morpholine rings is 1. The molecule has 2 N–H and O–H groups in total. The van der Waals surface area contributed by atoms with Gasteiger partial charge in [0.15, 0.2) is 17.3 Å². The first-order valence-electron chi connectivity index (χ1n) is 11.1. The van der Waals surface area contributed by atoms with Crippen LogP contribution < -0.4 is 4.74 Å². The van der Waals surface area contributed by atoms with Crippen molar-refractivity contribution in [2.75, 3.05) is 46.0 Å². The van der Waals surface area contributed by atoms with Gasteiger partial charge in [0.25, 0.3) is 5.91 Å². The van der Waals surface area contributed by atoms with E-state index in [0.29, 0.717) is 43.2 Å². The molecular weight excluding hydrogens is 444 g/mol. The fourth-order valence-corrected chi connectivity index (χ4v) is 4.94. The lowest BCUT2D eigenvalue weighted by molar-refractivity contribution is -0.129. The molecule has 0 unspecified atom stereocenters. The maximum atomic E-state index is 13.3. The van der Waals surface area contributed by atoms with Crippen LogP contribution in [0.25, 0.3) is 0 Å². The number of phenolic OH excluding ortho intramolecular Hbond substituents is 1. The van der Waals surface area contributed by atoms with Crippen LogP contribution in [0.1, 0.15) is 34.6 Å². The number of thiophene rings is 1. The van der Waals surface area contributed by atoms with Crippen LogP contribution >= 0.6 is 11.3 Å². The largest absolute Gasteiger partial charge is 0.504 e. The average Bonchev–Trinajstić information content (AvgIpc) is 3.44. The van der Waals surface area contributed by atoms with Crippen molar-refractivity contribution in [2.45, 2.75) is 19.4 Å². The minimum Gasteiger partial charge on any atom is -0.504 e. The van der Waals surface area contributed by atoms with Gasteiger partial charge < -0.3 is 24.6 Å². The number of hydrogen-bond acceptors (Lipinski definition) is 8. The van der Waals surface area contributed by atoms with E-state index >= 15 is 0 Å². The summed E-state index contributed by atoms with van der Waals surface area (Å²) >= 11 is 1.26. The van der Waals surface area contributed by atoms with E-state index in [1.54, 1.807) is 41.5 Å². The first-order chi connectivity index (χ1) is 16.0. The van der Waals surface area contributed by atoms with Gasteiger partial charge in [0, 0.05) is 26.2 Å². The van der Waals surface area contributed by atoms with Crippen molar-refractivity contribution in [3.8, 4) is 11.5 Å². The summed E-state index contributed by atoms with van der Waals surface area (Å²) in [4.78, 5) is 30.7. The molecule has 0 bridgehead atoms. The Bertz CT molecular complexity index is 1030. The summed E-state index contributed by atoms with van der Waals surface area (Å²) < 4.78 is 10.9. The van der Waals surface area contributed by atoms with E-state index in [0.717, 1.165) is 19.6 Å². The van der Waals surface area contributed by atoms with Crippen LogP contribution in [-0.2, 0) is 9.53 Å². The molecule has 1 saturated heterocycles. The summed E-state index contributed by atoms with van der Waals surface area (Å²) in [6, 6.07) is 7.45. The maximum Gasteiger partial charge on any atom is 0.290 e. The minimum atomic E-state index is -0.767. The van der Waals surface area contributed by atoms with Crippen molar-refractivity contribution in [3.05, 3.63) is 57.5 Å². The lowest BCUT2D eigenvalue weighted by Crippen LogP contribution is -2.39. The van der Waals surface area contributed by atoms with E-state index in [1.807, 2.05) is 0 Å². The van der Waals surface area contributed by atoms with Crippen molar-refractivity contribution in [1.29, 1.82) is 0 Å². The summed E-state index contributed by atoms with van der Waals surface area (Å²) in [5.41, 5.74) is 0.655. The second-order valence-corrected chi connectivity index (χ2v) is 8.89. The van der Waals surface area contributed by atoms with Crippen LogP contribution in [0.15, 0.2) is 47.0 Å². The highest BCUT2D eigenvalue weighted by Crippen LogP contribution is 2.42. The number of aliphatic hydroxyl groups is 1. The molecule has 1 amide bonds. The van der Waals surface area contributed by atoms with E-state index in [2.05, 4.69) is 4.90 Å². The fraction of sp³-hybridized carbons (Fsp3) is 0.417. The number of hydrogen-bond donors (Lipinski definition) is 2. The molecule has 3 heterocycles. The Kier molecular flexibility index (Phi) is 7.32. The van der Waals surface area contributed by atoms with E-state index in [4.69, 9.17) is 9.47 Å². The van der Waals surface area contributed by atoms with Gasteiger partial charge in [0.2, 0.25) is 5.78 Å². The minimum absolute atomic E-state index is 0.0249. The van der Waals surface area contributed by atoms with Crippen LogP contribution in [-0.4, -0.2) is 77.7 Å². The van der Waals surface area contributed by atoms with Gasteiger partial charge in [-0.1, -0.05) is 12.1 Å². The smallest absolute Gasteiger partial charge is 0.290 e. The average molecular weight is 473 g/mol. The summed E-state index contributed by atoms with van der Waals surface area (Å²) in [6.07, 6.45) is 0.687. The highest BCUT2D eigenvalue weighted by atomic mass is 32.1. The van der Waals surface area contributed by atoms with Crippen LogP contribution in [0.3, 0.4) is 0 Å². The molecular formula is C24H28N2O6S. The first-order valence-corrected chi connectivity index (χ1v) is 12.0. The molecule has 1 atom stereocenters. The molecule has 2 aliphatic rings. The molecule has 1 aromatic carbocycles. The predicted molar refractivity (Wildman–Crippen MR) is 124 cm³/mol. The quantitative estimate of drug-likeness (QED) is 0.541. The normalized spacial score (nSPS) is 19.4. The van der Waals surface area contributed by atoms with Gasteiger partial charge in [0.1, 0.15) is 0 Å². The van der Waals surface area contributed by atoms with Crippen molar-refractivity contribution in [2.24, 2.45) is 0 Å². The second-order valence-electron chi connectivity index (χ2n) is 7.94. The zero-order valence-corrected chi connectivity index (χ0v) is 19.3. The lowest BCUT2D eigenvalue weighted by Gasteiger charge is -2.30.